The molecule has 1 aliphatic rings. The van der Waals surface area contributed by atoms with Gasteiger partial charge in [0, 0.05) is 40.3 Å². The summed E-state index contributed by atoms with van der Waals surface area (Å²) in [4.78, 5) is 9.39. The first kappa shape index (κ1) is 23.9. The molecule has 0 aromatic carbocycles. The van der Waals surface area contributed by atoms with E-state index in [9.17, 15) is 0 Å². The van der Waals surface area contributed by atoms with Crippen LogP contribution in [0, 0.1) is 11.3 Å². The van der Waals surface area contributed by atoms with E-state index in [-0.39, 0.29) is 35.5 Å². The van der Waals surface area contributed by atoms with Gasteiger partial charge in [0.05, 0.1) is 6.10 Å². The van der Waals surface area contributed by atoms with E-state index in [1.54, 1.807) is 7.11 Å². The van der Waals surface area contributed by atoms with Gasteiger partial charge < -0.3 is 19.9 Å². The minimum atomic E-state index is 0. The highest BCUT2D eigenvalue weighted by atomic mass is 127. The lowest BCUT2D eigenvalue weighted by Crippen LogP contribution is -2.46. The first-order valence-corrected chi connectivity index (χ1v) is 9.06. The molecule has 1 rings (SSSR count). The molecule has 5 nitrogen and oxygen atoms in total. The van der Waals surface area contributed by atoms with Crippen LogP contribution in [0.3, 0.4) is 0 Å². The van der Waals surface area contributed by atoms with E-state index in [1.807, 2.05) is 7.05 Å². The van der Waals surface area contributed by atoms with Crippen molar-refractivity contribution in [3.63, 3.8) is 0 Å². The van der Waals surface area contributed by atoms with Crippen molar-refractivity contribution in [2.24, 2.45) is 16.3 Å². The van der Waals surface area contributed by atoms with Crippen molar-refractivity contribution in [3.8, 4) is 0 Å². The molecule has 24 heavy (non-hydrogen) atoms. The molecule has 0 bridgehead atoms. The van der Waals surface area contributed by atoms with E-state index >= 15 is 0 Å². The lowest BCUT2D eigenvalue weighted by atomic mass is 9.89. The molecule has 0 aromatic rings. The van der Waals surface area contributed by atoms with E-state index in [2.05, 4.69) is 54.7 Å². The highest BCUT2D eigenvalue weighted by Gasteiger charge is 2.28. The maximum Gasteiger partial charge on any atom is 0.193 e. The predicted octanol–water partition coefficient (Wildman–Crippen LogP) is 2.90. The monoisotopic (exact) mass is 454 g/mol. The van der Waals surface area contributed by atoms with Crippen LogP contribution in [0.5, 0.6) is 0 Å². The second-order valence-corrected chi connectivity index (χ2v) is 7.61. The fourth-order valence-corrected chi connectivity index (χ4v) is 3.28. The molecule has 0 radical (unpaired) electrons. The third kappa shape index (κ3) is 7.44. The fraction of sp³-hybridized carbons (Fsp3) is 0.944. The summed E-state index contributed by atoms with van der Waals surface area (Å²) >= 11 is 0. The number of halogens is 1. The maximum absolute atomic E-state index is 5.63. The minimum Gasteiger partial charge on any atom is -0.379 e. The van der Waals surface area contributed by atoms with Crippen molar-refractivity contribution < 1.29 is 4.74 Å². The third-order valence-corrected chi connectivity index (χ3v) is 4.90. The predicted molar refractivity (Wildman–Crippen MR) is 114 cm³/mol. The number of nitrogens with one attached hydrogen (secondary N) is 1. The van der Waals surface area contributed by atoms with Crippen molar-refractivity contribution in [2.75, 3.05) is 53.4 Å². The summed E-state index contributed by atoms with van der Waals surface area (Å²) < 4.78 is 5.63. The summed E-state index contributed by atoms with van der Waals surface area (Å²) in [6.07, 6.45) is 1.43. The van der Waals surface area contributed by atoms with Gasteiger partial charge in [0.2, 0.25) is 0 Å². The molecular formula is C18H39IN4O. The Kier molecular flexibility index (Phi) is 11.5. The highest BCUT2D eigenvalue weighted by molar-refractivity contribution is 14.0. The largest absolute Gasteiger partial charge is 0.379 e. The Morgan fingerprint density at radius 3 is 2.42 bits per heavy atom. The Balaban J connectivity index is 0.00000529. The zero-order chi connectivity index (χ0) is 17.5. The number of nitrogens with zero attached hydrogens (tertiary/aromatic N) is 3. The second-order valence-electron chi connectivity index (χ2n) is 7.61. The number of ether oxygens (including phenoxy) is 1. The summed E-state index contributed by atoms with van der Waals surface area (Å²) in [6, 6.07) is 0. The van der Waals surface area contributed by atoms with Crippen molar-refractivity contribution in [1.82, 2.24) is 15.1 Å². The number of likely N-dealkylation sites (tertiary alicyclic amines) is 1. The lowest BCUT2D eigenvalue weighted by Gasteiger charge is -2.31. The van der Waals surface area contributed by atoms with Crippen molar-refractivity contribution in [2.45, 2.75) is 47.1 Å². The quantitative estimate of drug-likeness (QED) is 0.365. The maximum atomic E-state index is 5.63. The molecule has 144 valence electrons. The molecule has 0 amide bonds. The molecule has 1 saturated heterocycles. The van der Waals surface area contributed by atoms with Crippen LogP contribution >= 0.6 is 24.0 Å². The zero-order valence-corrected chi connectivity index (χ0v) is 19.1. The average molecular weight is 454 g/mol. The molecule has 0 spiro atoms. The first-order chi connectivity index (χ1) is 10.8. The first-order valence-electron chi connectivity index (χ1n) is 9.06. The summed E-state index contributed by atoms with van der Waals surface area (Å²) in [6.45, 7) is 17.6. The standard InChI is InChI=1S/C18H38N4O.HI/c1-8-21(9-2)13-15-10-11-22(14-15)17(19-6)20-12-16(23-7)18(3,4)5;/h15-16H,8-14H2,1-7H3,(H,19,20);1H. The number of aliphatic imine (C=N–C) groups is 1. The van der Waals surface area contributed by atoms with Crippen LogP contribution in [0.15, 0.2) is 4.99 Å². The topological polar surface area (TPSA) is 40.1 Å². The molecule has 1 fully saturated rings. The van der Waals surface area contributed by atoms with E-state index in [0.717, 1.165) is 44.6 Å². The van der Waals surface area contributed by atoms with Crippen LogP contribution in [0.2, 0.25) is 0 Å². The Hall–Kier alpha value is -0.0800. The Morgan fingerprint density at radius 2 is 1.96 bits per heavy atom. The van der Waals surface area contributed by atoms with Gasteiger partial charge in [-0.1, -0.05) is 34.6 Å². The van der Waals surface area contributed by atoms with Crippen LogP contribution in [0.1, 0.15) is 41.0 Å². The van der Waals surface area contributed by atoms with Crippen LogP contribution in [0.4, 0.5) is 0 Å². The van der Waals surface area contributed by atoms with Crippen LogP contribution in [-0.2, 0) is 4.74 Å². The average Bonchev–Trinajstić information content (AvgIpc) is 2.96. The smallest absolute Gasteiger partial charge is 0.193 e. The molecule has 1 heterocycles. The molecule has 1 aliphatic heterocycles. The van der Waals surface area contributed by atoms with Gasteiger partial charge in [-0.05, 0) is 30.8 Å². The number of hydrogen-bond donors (Lipinski definition) is 1. The summed E-state index contributed by atoms with van der Waals surface area (Å²) in [7, 11) is 3.66. The SMILES string of the molecule is CCN(CC)CC1CCN(C(=NC)NCC(OC)C(C)(C)C)C1.I. The second kappa shape index (κ2) is 11.5. The normalized spacial score (nSPS) is 20.2. The van der Waals surface area contributed by atoms with E-state index in [4.69, 9.17) is 4.74 Å². The molecule has 0 aliphatic carbocycles. The van der Waals surface area contributed by atoms with Gasteiger partial charge in [-0.3, -0.25) is 4.99 Å². The molecule has 1 N–H and O–H groups in total. The molecule has 2 unspecified atom stereocenters. The summed E-state index contributed by atoms with van der Waals surface area (Å²) in [5, 5.41) is 3.51. The third-order valence-electron chi connectivity index (χ3n) is 4.90. The van der Waals surface area contributed by atoms with Gasteiger partial charge in [0.15, 0.2) is 5.96 Å². The Morgan fingerprint density at radius 1 is 1.33 bits per heavy atom. The van der Waals surface area contributed by atoms with Gasteiger partial charge >= 0.3 is 0 Å². The van der Waals surface area contributed by atoms with Crippen molar-refractivity contribution in [1.29, 1.82) is 0 Å². The van der Waals surface area contributed by atoms with Gasteiger partial charge in [-0.25, -0.2) is 0 Å². The Labute approximate surface area is 166 Å². The number of hydrogen-bond acceptors (Lipinski definition) is 3. The van der Waals surface area contributed by atoms with Gasteiger partial charge in [-0.2, -0.15) is 0 Å². The summed E-state index contributed by atoms with van der Waals surface area (Å²) in [5.41, 5.74) is 0.122. The van der Waals surface area contributed by atoms with E-state index in [0.29, 0.717) is 0 Å². The number of rotatable bonds is 7. The molecule has 0 aromatic heterocycles. The molecule has 6 heteroatoms. The molecule has 2 atom stereocenters. The van der Waals surface area contributed by atoms with Crippen LogP contribution in [-0.4, -0.2) is 75.3 Å². The van der Waals surface area contributed by atoms with Crippen molar-refractivity contribution in [3.05, 3.63) is 0 Å². The highest BCUT2D eigenvalue weighted by Crippen LogP contribution is 2.21. The number of guanidine groups is 1. The minimum absolute atomic E-state index is 0. The van der Waals surface area contributed by atoms with E-state index in [1.165, 1.54) is 13.0 Å². The molecule has 0 saturated carbocycles. The lowest BCUT2D eigenvalue weighted by molar-refractivity contribution is 0.0202. The van der Waals surface area contributed by atoms with Crippen LogP contribution in [0.25, 0.3) is 0 Å². The zero-order valence-electron chi connectivity index (χ0n) is 16.8. The van der Waals surface area contributed by atoms with Gasteiger partial charge in [-0.15, -0.1) is 24.0 Å². The van der Waals surface area contributed by atoms with E-state index < -0.39 is 0 Å². The summed E-state index contributed by atoms with van der Waals surface area (Å²) in [5.74, 6) is 1.76. The van der Waals surface area contributed by atoms with Gasteiger partial charge in [0.1, 0.15) is 0 Å². The fourth-order valence-electron chi connectivity index (χ4n) is 3.28. The number of methoxy groups -OCH3 is 1. The van der Waals surface area contributed by atoms with Crippen LogP contribution < -0.4 is 5.32 Å². The molecular weight excluding hydrogens is 415 g/mol. The van der Waals surface area contributed by atoms with Crippen molar-refractivity contribution >= 4 is 29.9 Å². The van der Waals surface area contributed by atoms with Gasteiger partial charge in [0.25, 0.3) is 0 Å². The Bertz CT molecular complexity index is 367.